The van der Waals surface area contributed by atoms with Crippen molar-refractivity contribution >= 4 is 15.9 Å². The Labute approximate surface area is 86.3 Å². The molecule has 1 heterocycles. The molecule has 0 bridgehead atoms. The minimum Gasteiger partial charge on any atom is -0.299 e. The van der Waals surface area contributed by atoms with Gasteiger partial charge in [0.05, 0.1) is 6.04 Å². The third kappa shape index (κ3) is 1.88. The first-order valence-electron chi connectivity index (χ1n) is 4.58. The van der Waals surface area contributed by atoms with Crippen LogP contribution < -0.4 is 5.56 Å². The largest absolute Gasteiger partial charge is 0.299 e. The van der Waals surface area contributed by atoms with Crippen LogP contribution in [-0.2, 0) is 0 Å². The van der Waals surface area contributed by atoms with Crippen molar-refractivity contribution in [2.45, 2.75) is 39.7 Å². The number of H-pyrrole nitrogens is 1. The van der Waals surface area contributed by atoms with Crippen LogP contribution in [0.2, 0.25) is 0 Å². The highest BCUT2D eigenvalue weighted by Gasteiger charge is 2.13. The highest BCUT2D eigenvalue weighted by molar-refractivity contribution is 9.10. The van der Waals surface area contributed by atoms with Crippen LogP contribution in [-0.4, -0.2) is 9.78 Å². The second kappa shape index (κ2) is 4.13. The third-order valence-electron chi connectivity index (χ3n) is 2.33. The summed E-state index contributed by atoms with van der Waals surface area (Å²) in [4.78, 5) is 11.6. The SMILES string of the molecule is CCC(CC)n1[nH]c(C)c(Br)c1=O. The van der Waals surface area contributed by atoms with Crippen molar-refractivity contribution in [3.63, 3.8) is 0 Å². The highest BCUT2D eigenvalue weighted by atomic mass is 79.9. The summed E-state index contributed by atoms with van der Waals surface area (Å²) in [7, 11) is 0. The summed E-state index contributed by atoms with van der Waals surface area (Å²) >= 11 is 3.26. The van der Waals surface area contributed by atoms with E-state index in [1.165, 1.54) is 0 Å². The molecule has 0 aliphatic rings. The first-order chi connectivity index (χ1) is 6.11. The molecule has 0 aliphatic carbocycles. The molecule has 1 aromatic rings. The standard InChI is InChI=1S/C9H15BrN2O/c1-4-7(5-2)12-9(13)8(10)6(3)11-12/h7,11H,4-5H2,1-3H3. The Morgan fingerprint density at radius 2 is 2.00 bits per heavy atom. The fraction of sp³-hybridized carbons (Fsp3) is 0.667. The minimum absolute atomic E-state index is 0.0474. The van der Waals surface area contributed by atoms with Crippen LogP contribution in [0.25, 0.3) is 0 Å². The van der Waals surface area contributed by atoms with Gasteiger partial charge >= 0.3 is 0 Å². The monoisotopic (exact) mass is 246 g/mol. The average Bonchev–Trinajstić information content (AvgIpc) is 2.36. The van der Waals surface area contributed by atoms with Crippen LogP contribution in [0.5, 0.6) is 0 Å². The van der Waals surface area contributed by atoms with Gasteiger partial charge in [0.1, 0.15) is 4.47 Å². The van der Waals surface area contributed by atoms with E-state index in [2.05, 4.69) is 34.9 Å². The van der Waals surface area contributed by atoms with Crippen LogP contribution in [0.4, 0.5) is 0 Å². The summed E-state index contributed by atoms with van der Waals surface area (Å²) < 4.78 is 2.36. The number of aromatic nitrogens is 2. The summed E-state index contributed by atoms with van der Waals surface area (Å²) in [5, 5.41) is 3.07. The number of nitrogens with one attached hydrogen (secondary N) is 1. The Balaban J connectivity index is 3.14. The lowest BCUT2D eigenvalue weighted by Gasteiger charge is -2.12. The zero-order valence-electron chi connectivity index (χ0n) is 8.22. The molecule has 4 heteroatoms. The molecule has 0 aromatic carbocycles. The number of rotatable bonds is 3. The van der Waals surface area contributed by atoms with E-state index in [-0.39, 0.29) is 11.6 Å². The van der Waals surface area contributed by atoms with Crippen molar-refractivity contribution in [3.05, 3.63) is 20.5 Å². The Kier molecular flexibility index (Phi) is 3.36. The van der Waals surface area contributed by atoms with Gasteiger partial charge in [-0.1, -0.05) is 13.8 Å². The number of hydrogen-bond acceptors (Lipinski definition) is 1. The van der Waals surface area contributed by atoms with Crippen molar-refractivity contribution in [1.82, 2.24) is 9.78 Å². The van der Waals surface area contributed by atoms with Crippen LogP contribution in [0.15, 0.2) is 9.27 Å². The van der Waals surface area contributed by atoms with Crippen LogP contribution in [0.3, 0.4) is 0 Å². The fourth-order valence-electron chi connectivity index (χ4n) is 1.46. The van der Waals surface area contributed by atoms with Crippen LogP contribution >= 0.6 is 15.9 Å². The number of aromatic amines is 1. The van der Waals surface area contributed by atoms with Crippen molar-refractivity contribution in [1.29, 1.82) is 0 Å². The second-order valence-electron chi connectivity index (χ2n) is 3.20. The molecule has 0 saturated heterocycles. The van der Waals surface area contributed by atoms with Gasteiger partial charge in [0.2, 0.25) is 0 Å². The van der Waals surface area contributed by atoms with E-state index in [1.54, 1.807) is 4.68 Å². The van der Waals surface area contributed by atoms with Crippen molar-refractivity contribution in [2.24, 2.45) is 0 Å². The van der Waals surface area contributed by atoms with Crippen molar-refractivity contribution in [2.75, 3.05) is 0 Å². The van der Waals surface area contributed by atoms with Gasteiger partial charge in [-0.15, -0.1) is 0 Å². The summed E-state index contributed by atoms with van der Waals surface area (Å²) in [6.07, 6.45) is 1.95. The zero-order valence-corrected chi connectivity index (χ0v) is 9.81. The normalized spacial score (nSPS) is 11.2. The van der Waals surface area contributed by atoms with Gasteiger partial charge in [-0.3, -0.25) is 9.89 Å². The predicted molar refractivity (Wildman–Crippen MR) is 57.1 cm³/mol. The Morgan fingerprint density at radius 1 is 1.46 bits per heavy atom. The first kappa shape index (κ1) is 10.6. The van der Waals surface area contributed by atoms with E-state index >= 15 is 0 Å². The first-order valence-corrected chi connectivity index (χ1v) is 5.37. The Bertz CT molecular complexity index is 336. The van der Waals surface area contributed by atoms with Gasteiger partial charge in [-0.25, -0.2) is 4.68 Å². The van der Waals surface area contributed by atoms with E-state index < -0.39 is 0 Å². The van der Waals surface area contributed by atoms with E-state index in [9.17, 15) is 4.79 Å². The van der Waals surface area contributed by atoms with Crippen LogP contribution in [0.1, 0.15) is 38.4 Å². The van der Waals surface area contributed by atoms with Gasteiger partial charge in [0.25, 0.3) is 5.56 Å². The predicted octanol–water partition coefficient (Wildman–Crippen LogP) is 2.61. The molecule has 0 radical (unpaired) electrons. The summed E-state index contributed by atoms with van der Waals surface area (Å²) in [6.45, 7) is 6.07. The molecular formula is C9H15BrN2O. The van der Waals surface area contributed by atoms with Crippen molar-refractivity contribution < 1.29 is 0 Å². The minimum atomic E-state index is 0.0474. The van der Waals surface area contributed by atoms with E-state index in [4.69, 9.17) is 0 Å². The molecule has 1 aromatic heterocycles. The summed E-state index contributed by atoms with van der Waals surface area (Å²) in [5.74, 6) is 0. The Morgan fingerprint density at radius 3 is 2.31 bits per heavy atom. The molecule has 0 atom stereocenters. The average molecular weight is 247 g/mol. The van der Waals surface area contributed by atoms with Crippen molar-refractivity contribution in [3.8, 4) is 0 Å². The quantitative estimate of drug-likeness (QED) is 0.875. The third-order valence-corrected chi connectivity index (χ3v) is 3.27. The van der Waals surface area contributed by atoms with Gasteiger partial charge in [-0.05, 0) is 35.7 Å². The molecule has 0 unspecified atom stereocenters. The lowest BCUT2D eigenvalue weighted by Crippen LogP contribution is -2.21. The van der Waals surface area contributed by atoms with Gasteiger partial charge in [0.15, 0.2) is 0 Å². The molecular weight excluding hydrogens is 232 g/mol. The zero-order chi connectivity index (χ0) is 10.0. The number of halogens is 1. The molecule has 13 heavy (non-hydrogen) atoms. The number of aryl methyl sites for hydroxylation is 1. The maximum absolute atomic E-state index is 11.6. The fourth-order valence-corrected chi connectivity index (χ4v) is 1.74. The molecule has 1 N–H and O–H groups in total. The summed E-state index contributed by atoms with van der Waals surface area (Å²) in [5.41, 5.74) is 0.947. The maximum Gasteiger partial charge on any atom is 0.281 e. The summed E-state index contributed by atoms with van der Waals surface area (Å²) in [6, 6.07) is 0.289. The van der Waals surface area contributed by atoms with Gasteiger partial charge in [0, 0.05) is 5.69 Å². The lowest BCUT2D eigenvalue weighted by atomic mass is 10.2. The molecule has 0 fully saturated rings. The van der Waals surface area contributed by atoms with E-state index in [0.29, 0.717) is 4.47 Å². The highest BCUT2D eigenvalue weighted by Crippen LogP contribution is 2.15. The smallest absolute Gasteiger partial charge is 0.281 e. The molecule has 0 amide bonds. The number of hydrogen-bond donors (Lipinski definition) is 1. The maximum atomic E-state index is 11.6. The molecule has 1 rings (SSSR count). The molecule has 0 saturated carbocycles. The second-order valence-corrected chi connectivity index (χ2v) is 3.99. The molecule has 74 valence electrons. The molecule has 0 spiro atoms. The van der Waals surface area contributed by atoms with Crippen LogP contribution in [0, 0.1) is 6.92 Å². The van der Waals surface area contributed by atoms with E-state index in [0.717, 1.165) is 18.5 Å². The van der Waals surface area contributed by atoms with E-state index in [1.807, 2.05) is 6.92 Å². The topological polar surface area (TPSA) is 37.8 Å². The Hall–Kier alpha value is -0.510. The van der Waals surface area contributed by atoms with Gasteiger partial charge < -0.3 is 0 Å². The number of nitrogens with zero attached hydrogens (tertiary/aromatic N) is 1. The van der Waals surface area contributed by atoms with Gasteiger partial charge in [-0.2, -0.15) is 0 Å². The lowest BCUT2D eigenvalue weighted by molar-refractivity contribution is 0.416. The molecule has 3 nitrogen and oxygen atoms in total. The molecule has 0 aliphatic heterocycles.